The topological polar surface area (TPSA) is 73.1 Å². The van der Waals surface area contributed by atoms with Crippen LogP contribution in [0.5, 0.6) is 5.88 Å². The van der Waals surface area contributed by atoms with Gasteiger partial charge in [-0.25, -0.2) is 4.39 Å². The van der Waals surface area contributed by atoms with E-state index in [0.29, 0.717) is 28.3 Å². The van der Waals surface area contributed by atoms with E-state index in [1.165, 1.54) is 12.1 Å². The number of furan rings is 1. The highest BCUT2D eigenvalue weighted by Gasteiger charge is 2.28. The molecule has 0 spiro atoms. The van der Waals surface area contributed by atoms with Crippen LogP contribution in [0.1, 0.15) is 31.8 Å². The standard InChI is InChI=1S/C24H20BrFN4O2S/c1-2-3-12-33-24-28-23-21(29-30-24)17-13-15(25)6-9-18(17)27-22(32-23)20-11-10-19(31-20)14-4-7-16(26)8-5-14/h4-11,13,22,27H,2-3,12H2,1H3/t22-/m1/s1. The number of anilines is 1. The normalized spacial score (nSPS) is 14.6. The van der Waals surface area contributed by atoms with Crippen molar-refractivity contribution in [2.45, 2.75) is 31.1 Å². The molecule has 9 heteroatoms. The summed E-state index contributed by atoms with van der Waals surface area (Å²) in [4.78, 5) is 4.65. The van der Waals surface area contributed by atoms with Crippen molar-refractivity contribution in [3.63, 3.8) is 0 Å². The van der Waals surface area contributed by atoms with Gasteiger partial charge >= 0.3 is 0 Å². The van der Waals surface area contributed by atoms with Crippen LogP contribution in [0.25, 0.3) is 22.6 Å². The number of hydrogen-bond donors (Lipinski definition) is 1. The lowest BCUT2D eigenvalue weighted by atomic mass is 10.1. The van der Waals surface area contributed by atoms with Crippen LogP contribution in [-0.4, -0.2) is 20.9 Å². The first-order valence-corrected chi connectivity index (χ1v) is 12.3. The van der Waals surface area contributed by atoms with Crippen molar-refractivity contribution in [3.8, 4) is 28.5 Å². The number of unbranched alkanes of at least 4 members (excludes halogenated alkanes) is 1. The molecule has 2 aromatic carbocycles. The Hall–Kier alpha value is -2.91. The number of aromatic nitrogens is 3. The molecule has 0 radical (unpaired) electrons. The highest BCUT2D eigenvalue weighted by atomic mass is 79.9. The van der Waals surface area contributed by atoms with Crippen molar-refractivity contribution in [2.24, 2.45) is 0 Å². The summed E-state index contributed by atoms with van der Waals surface area (Å²) in [6, 6.07) is 15.7. The maximum Gasteiger partial charge on any atom is 0.247 e. The lowest BCUT2D eigenvalue weighted by molar-refractivity contribution is 0.196. The minimum Gasteiger partial charge on any atom is -0.455 e. The smallest absolute Gasteiger partial charge is 0.247 e. The summed E-state index contributed by atoms with van der Waals surface area (Å²) in [6.45, 7) is 2.15. The first-order valence-electron chi connectivity index (χ1n) is 10.6. The summed E-state index contributed by atoms with van der Waals surface area (Å²) in [5, 5.41) is 12.7. The zero-order valence-electron chi connectivity index (χ0n) is 17.7. The third-order valence-electron chi connectivity index (χ3n) is 5.13. The van der Waals surface area contributed by atoms with Gasteiger partial charge in [0.15, 0.2) is 11.5 Å². The lowest BCUT2D eigenvalue weighted by Crippen LogP contribution is -2.16. The molecule has 5 rings (SSSR count). The molecule has 1 aliphatic heterocycles. The van der Waals surface area contributed by atoms with Crippen molar-refractivity contribution in [1.29, 1.82) is 0 Å². The molecule has 6 nitrogen and oxygen atoms in total. The average Bonchev–Trinajstić information content (AvgIpc) is 3.25. The fraction of sp³-hybridized carbons (Fsp3) is 0.208. The number of ether oxygens (including phenoxy) is 1. The van der Waals surface area contributed by atoms with Gasteiger partial charge in [0.25, 0.3) is 0 Å². The Morgan fingerprint density at radius 2 is 1.94 bits per heavy atom. The van der Waals surface area contributed by atoms with Gasteiger partial charge < -0.3 is 14.5 Å². The maximum atomic E-state index is 13.3. The number of benzene rings is 2. The Labute approximate surface area is 203 Å². The Balaban J connectivity index is 1.51. The van der Waals surface area contributed by atoms with Crippen molar-refractivity contribution in [1.82, 2.24) is 15.2 Å². The summed E-state index contributed by atoms with van der Waals surface area (Å²) >= 11 is 5.09. The third kappa shape index (κ3) is 4.74. The lowest BCUT2D eigenvalue weighted by Gasteiger charge is -2.16. The zero-order valence-corrected chi connectivity index (χ0v) is 20.1. The number of halogens is 2. The van der Waals surface area contributed by atoms with E-state index in [2.05, 4.69) is 43.4 Å². The maximum absolute atomic E-state index is 13.3. The molecule has 1 aliphatic rings. The SMILES string of the molecule is CCCCSc1nnc2c(n1)O[C@H](c1ccc(-c3ccc(F)cc3)o1)Nc1ccc(Br)cc1-2. The van der Waals surface area contributed by atoms with Crippen LogP contribution in [0.4, 0.5) is 10.1 Å². The predicted molar refractivity (Wildman–Crippen MR) is 130 cm³/mol. The molecule has 0 fully saturated rings. The number of nitrogens with one attached hydrogen (secondary N) is 1. The molecule has 1 N–H and O–H groups in total. The first kappa shape index (κ1) is 21.9. The van der Waals surface area contributed by atoms with E-state index in [-0.39, 0.29) is 5.82 Å². The van der Waals surface area contributed by atoms with Gasteiger partial charge in [-0.2, -0.15) is 4.98 Å². The first-order chi connectivity index (χ1) is 16.1. The molecule has 0 saturated carbocycles. The molecule has 3 heterocycles. The van der Waals surface area contributed by atoms with Crippen LogP contribution >= 0.6 is 27.7 Å². The molecule has 4 aromatic rings. The van der Waals surface area contributed by atoms with Gasteiger partial charge in [0.1, 0.15) is 11.6 Å². The van der Waals surface area contributed by atoms with Crippen LogP contribution in [0, 0.1) is 5.82 Å². The number of nitrogens with zero attached hydrogens (tertiary/aromatic N) is 3. The van der Waals surface area contributed by atoms with E-state index in [0.717, 1.165) is 39.9 Å². The molecule has 1 atom stereocenters. The van der Waals surface area contributed by atoms with Crippen LogP contribution in [0.15, 0.2) is 68.6 Å². The van der Waals surface area contributed by atoms with Gasteiger partial charge in [-0.15, -0.1) is 10.2 Å². The summed E-state index contributed by atoms with van der Waals surface area (Å²) in [5.41, 5.74) is 2.99. The van der Waals surface area contributed by atoms with Crippen molar-refractivity contribution in [3.05, 3.63) is 70.6 Å². The molecule has 0 amide bonds. The Bertz CT molecular complexity index is 1280. The second-order valence-corrected chi connectivity index (χ2v) is 9.47. The Morgan fingerprint density at radius 1 is 1.09 bits per heavy atom. The highest BCUT2D eigenvalue weighted by Crippen LogP contribution is 2.41. The van der Waals surface area contributed by atoms with E-state index < -0.39 is 6.23 Å². The monoisotopic (exact) mass is 526 g/mol. The largest absolute Gasteiger partial charge is 0.455 e. The molecule has 0 saturated heterocycles. The highest BCUT2D eigenvalue weighted by molar-refractivity contribution is 9.10. The molecule has 168 valence electrons. The minimum atomic E-state index is -0.634. The summed E-state index contributed by atoms with van der Waals surface area (Å²) in [5.74, 6) is 2.19. The van der Waals surface area contributed by atoms with E-state index in [9.17, 15) is 4.39 Å². The van der Waals surface area contributed by atoms with Crippen LogP contribution < -0.4 is 10.1 Å². The minimum absolute atomic E-state index is 0.293. The fourth-order valence-electron chi connectivity index (χ4n) is 3.43. The molecular weight excluding hydrogens is 507 g/mol. The Kier molecular flexibility index (Phi) is 6.32. The van der Waals surface area contributed by atoms with Crippen molar-refractivity contribution in [2.75, 3.05) is 11.1 Å². The van der Waals surface area contributed by atoms with Gasteiger partial charge in [0.05, 0.1) is 0 Å². The average molecular weight is 527 g/mol. The van der Waals surface area contributed by atoms with E-state index in [1.807, 2.05) is 30.3 Å². The van der Waals surface area contributed by atoms with E-state index in [4.69, 9.17) is 9.15 Å². The number of hydrogen-bond acceptors (Lipinski definition) is 7. The van der Waals surface area contributed by atoms with Crippen LogP contribution in [-0.2, 0) is 0 Å². The number of fused-ring (bicyclic) bond motifs is 3. The summed E-state index contributed by atoms with van der Waals surface area (Å²) < 4.78 is 26.6. The summed E-state index contributed by atoms with van der Waals surface area (Å²) in [6.07, 6.45) is 1.54. The van der Waals surface area contributed by atoms with E-state index in [1.54, 1.807) is 23.9 Å². The molecule has 0 bridgehead atoms. The van der Waals surface area contributed by atoms with E-state index >= 15 is 0 Å². The van der Waals surface area contributed by atoms with Crippen LogP contribution in [0.3, 0.4) is 0 Å². The van der Waals surface area contributed by atoms with Crippen molar-refractivity contribution < 1.29 is 13.5 Å². The van der Waals surface area contributed by atoms with Gasteiger partial charge in [0.2, 0.25) is 17.3 Å². The second kappa shape index (κ2) is 9.52. The van der Waals surface area contributed by atoms with Gasteiger partial charge in [-0.3, -0.25) is 0 Å². The van der Waals surface area contributed by atoms with Gasteiger partial charge in [-0.05, 0) is 61.0 Å². The molecule has 33 heavy (non-hydrogen) atoms. The predicted octanol–water partition coefficient (Wildman–Crippen LogP) is 7.10. The molecule has 0 unspecified atom stereocenters. The number of thioether (sulfide) groups is 1. The molecular formula is C24H20BrFN4O2S. The second-order valence-electron chi connectivity index (χ2n) is 7.49. The molecule has 2 aromatic heterocycles. The van der Waals surface area contributed by atoms with Crippen LogP contribution in [0.2, 0.25) is 0 Å². The van der Waals surface area contributed by atoms with Gasteiger partial charge in [0, 0.05) is 27.0 Å². The summed E-state index contributed by atoms with van der Waals surface area (Å²) in [7, 11) is 0. The fourth-order valence-corrected chi connectivity index (χ4v) is 4.65. The third-order valence-corrected chi connectivity index (χ3v) is 6.55. The molecule has 0 aliphatic carbocycles. The zero-order chi connectivity index (χ0) is 22.8. The quantitative estimate of drug-likeness (QED) is 0.212. The number of rotatable bonds is 6. The van der Waals surface area contributed by atoms with Crippen molar-refractivity contribution >= 4 is 33.4 Å². The Morgan fingerprint density at radius 3 is 2.76 bits per heavy atom. The van der Waals surface area contributed by atoms with Gasteiger partial charge in [-0.1, -0.05) is 41.0 Å².